The van der Waals surface area contributed by atoms with Gasteiger partial charge in [0.25, 0.3) is 0 Å². The molecule has 1 saturated carbocycles. The Hall–Kier alpha value is -0.0400. The molecular formula is C15H31N. The van der Waals surface area contributed by atoms with Crippen LogP contribution in [-0.2, 0) is 0 Å². The van der Waals surface area contributed by atoms with Gasteiger partial charge < -0.3 is 5.73 Å². The fraction of sp³-hybridized carbons (Fsp3) is 1.00. The highest BCUT2D eigenvalue weighted by Gasteiger charge is 2.30. The van der Waals surface area contributed by atoms with Crippen molar-refractivity contribution < 1.29 is 0 Å². The van der Waals surface area contributed by atoms with Crippen molar-refractivity contribution in [1.29, 1.82) is 0 Å². The molecule has 1 fully saturated rings. The maximum Gasteiger partial charge on any atom is 0.00673 e. The zero-order valence-electron chi connectivity index (χ0n) is 11.9. The minimum atomic E-state index is 0.463. The van der Waals surface area contributed by atoms with E-state index in [0.717, 1.165) is 17.8 Å². The van der Waals surface area contributed by atoms with E-state index in [1.807, 2.05) is 0 Å². The number of nitrogens with two attached hydrogens (primary N) is 1. The van der Waals surface area contributed by atoms with Gasteiger partial charge in [-0.25, -0.2) is 0 Å². The van der Waals surface area contributed by atoms with Crippen molar-refractivity contribution in [1.82, 2.24) is 0 Å². The summed E-state index contributed by atoms with van der Waals surface area (Å²) in [6, 6.07) is 0.470. The second-order valence-electron chi connectivity index (χ2n) is 7.34. The first-order chi connectivity index (χ1) is 7.29. The van der Waals surface area contributed by atoms with E-state index in [9.17, 15) is 0 Å². The van der Waals surface area contributed by atoms with Crippen LogP contribution < -0.4 is 5.73 Å². The van der Waals surface area contributed by atoms with Crippen molar-refractivity contribution in [2.24, 2.45) is 28.9 Å². The quantitative estimate of drug-likeness (QED) is 0.765. The largest absolute Gasteiger partial charge is 0.327 e. The fourth-order valence-corrected chi connectivity index (χ4v) is 2.88. The lowest BCUT2D eigenvalue weighted by Gasteiger charge is -2.37. The Labute approximate surface area is 102 Å². The molecule has 0 saturated heterocycles. The van der Waals surface area contributed by atoms with E-state index in [1.54, 1.807) is 0 Å². The van der Waals surface area contributed by atoms with Crippen LogP contribution in [0.25, 0.3) is 0 Å². The molecule has 1 aliphatic rings. The van der Waals surface area contributed by atoms with Crippen LogP contribution in [0, 0.1) is 23.2 Å². The Morgan fingerprint density at radius 1 is 1.19 bits per heavy atom. The smallest absolute Gasteiger partial charge is 0.00673 e. The molecule has 1 aliphatic carbocycles. The van der Waals surface area contributed by atoms with Crippen LogP contribution in [-0.4, -0.2) is 6.04 Å². The molecule has 0 spiro atoms. The Bertz CT molecular complexity index is 202. The van der Waals surface area contributed by atoms with Gasteiger partial charge in [0.05, 0.1) is 0 Å². The molecule has 0 aromatic rings. The van der Waals surface area contributed by atoms with Crippen molar-refractivity contribution in [3.8, 4) is 0 Å². The predicted octanol–water partition coefficient (Wildman–Crippen LogP) is 4.21. The number of hydrogen-bond donors (Lipinski definition) is 1. The van der Waals surface area contributed by atoms with Crippen LogP contribution in [0.1, 0.15) is 66.7 Å². The van der Waals surface area contributed by atoms with E-state index in [1.165, 1.54) is 32.1 Å². The summed E-state index contributed by atoms with van der Waals surface area (Å²) < 4.78 is 0. The molecule has 0 aromatic carbocycles. The predicted molar refractivity (Wildman–Crippen MR) is 72.3 cm³/mol. The maximum absolute atomic E-state index is 6.27. The third-order valence-electron chi connectivity index (χ3n) is 4.29. The lowest BCUT2D eigenvalue weighted by Crippen LogP contribution is -2.37. The molecule has 0 amide bonds. The van der Waals surface area contributed by atoms with E-state index in [0.29, 0.717) is 11.5 Å². The van der Waals surface area contributed by atoms with Crippen LogP contribution in [0.2, 0.25) is 0 Å². The van der Waals surface area contributed by atoms with Crippen LogP contribution in [0.4, 0.5) is 0 Å². The van der Waals surface area contributed by atoms with Gasteiger partial charge in [-0.3, -0.25) is 0 Å². The Morgan fingerprint density at radius 2 is 1.81 bits per heavy atom. The summed E-state index contributed by atoms with van der Waals surface area (Å²) >= 11 is 0. The number of hydrogen-bond acceptors (Lipinski definition) is 1. The summed E-state index contributed by atoms with van der Waals surface area (Å²) in [6.07, 6.45) is 6.61. The highest BCUT2D eigenvalue weighted by atomic mass is 14.7. The molecule has 3 atom stereocenters. The average molecular weight is 225 g/mol. The fourth-order valence-electron chi connectivity index (χ4n) is 2.88. The first-order valence-corrected chi connectivity index (χ1v) is 7.05. The Morgan fingerprint density at radius 3 is 2.31 bits per heavy atom. The molecule has 0 radical (unpaired) electrons. The summed E-state index contributed by atoms with van der Waals surface area (Å²) in [7, 11) is 0. The van der Waals surface area contributed by atoms with Crippen molar-refractivity contribution in [2.45, 2.75) is 72.8 Å². The van der Waals surface area contributed by atoms with Crippen LogP contribution in [0.15, 0.2) is 0 Å². The third kappa shape index (κ3) is 4.45. The molecule has 1 nitrogen and oxygen atoms in total. The van der Waals surface area contributed by atoms with E-state index in [2.05, 4.69) is 34.6 Å². The zero-order valence-corrected chi connectivity index (χ0v) is 11.9. The summed E-state index contributed by atoms with van der Waals surface area (Å²) in [5.74, 6) is 2.54. The highest BCUT2D eigenvalue weighted by Crippen LogP contribution is 2.37. The first kappa shape index (κ1) is 14.0. The molecule has 0 aliphatic heterocycles. The standard InChI is InChI=1S/C15H31N/c1-11(2)12-6-7-14(16)13(10-12)8-9-15(3,4)5/h11-14H,6-10,16H2,1-5H3. The molecule has 3 unspecified atom stereocenters. The minimum absolute atomic E-state index is 0.463. The molecule has 1 heteroatoms. The van der Waals surface area contributed by atoms with Crippen LogP contribution in [0.5, 0.6) is 0 Å². The molecule has 0 heterocycles. The van der Waals surface area contributed by atoms with E-state index in [-0.39, 0.29) is 0 Å². The molecule has 2 N–H and O–H groups in total. The lowest BCUT2D eigenvalue weighted by atomic mass is 9.71. The van der Waals surface area contributed by atoms with Gasteiger partial charge in [0.2, 0.25) is 0 Å². The summed E-state index contributed by atoms with van der Waals surface area (Å²) in [5, 5.41) is 0. The van der Waals surface area contributed by atoms with E-state index in [4.69, 9.17) is 5.73 Å². The summed E-state index contributed by atoms with van der Waals surface area (Å²) in [6.45, 7) is 11.7. The van der Waals surface area contributed by atoms with Gasteiger partial charge in [-0.2, -0.15) is 0 Å². The molecule has 1 rings (SSSR count). The average Bonchev–Trinajstić information content (AvgIpc) is 2.14. The normalized spacial score (nSPS) is 32.1. The van der Waals surface area contributed by atoms with Gasteiger partial charge in [-0.15, -0.1) is 0 Å². The van der Waals surface area contributed by atoms with Crippen LogP contribution in [0.3, 0.4) is 0 Å². The first-order valence-electron chi connectivity index (χ1n) is 7.05. The summed E-state index contributed by atoms with van der Waals surface area (Å²) in [5.41, 5.74) is 6.73. The van der Waals surface area contributed by atoms with Crippen molar-refractivity contribution >= 4 is 0 Å². The van der Waals surface area contributed by atoms with Gasteiger partial charge in [-0.05, 0) is 55.3 Å². The topological polar surface area (TPSA) is 26.0 Å². The molecule has 16 heavy (non-hydrogen) atoms. The van der Waals surface area contributed by atoms with Crippen molar-refractivity contribution in [3.05, 3.63) is 0 Å². The molecule has 0 bridgehead atoms. The second kappa shape index (κ2) is 5.53. The van der Waals surface area contributed by atoms with Crippen molar-refractivity contribution in [2.75, 3.05) is 0 Å². The Balaban J connectivity index is 2.44. The summed E-state index contributed by atoms with van der Waals surface area (Å²) in [4.78, 5) is 0. The third-order valence-corrected chi connectivity index (χ3v) is 4.29. The molecular weight excluding hydrogens is 194 g/mol. The van der Waals surface area contributed by atoms with Gasteiger partial charge in [0.1, 0.15) is 0 Å². The lowest BCUT2D eigenvalue weighted by molar-refractivity contribution is 0.167. The van der Waals surface area contributed by atoms with Gasteiger partial charge >= 0.3 is 0 Å². The second-order valence-corrected chi connectivity index (χ2v) is 7.34. The molecule has 96 valence electrons. The highest BCUT2D eigenvalue weighted by molar-refractivity contribution is 4.84. The van der Waals surface area contributed by atoms with E-state index >= 15 is 0 Å². The monoisotopic (exact) mass is 225 g/mol. The Kier molecular flexibility index (Phi) is 4.85. The number of rotatable bonds is 3. The van der Waals surface area contributed by atoms with Gasteiger partial charge in [0.15, 0.2) is 0 Å². The van der Waals surface area contributed by atoms with E-state index < -0.39 is 0 Å². The van der Waals surface area contributed by atoms with Crippen LogP contribution >= 0.6 is 0 Å². The maximum atomic E-state index is 6.27. The van der Waals surface area contributed by atoms with Crippen molar-refractivity contribution in [3.63, 3.8) is 0 Å². The molecule has 0 aromatic heterocycles. The SMILES string of the molecule is CC(C)C1CCC(N)C(CCC(C)(C)C)C1. The van der Waals surface area contributed by atoms with Gasteiger partial charge in [0, 0.05) is 6.04 Å². The van der Waals surface area contributed by atoms with Gasteiger partial charge in [-0.1, -0.05) is 34.6 Å². The minimum Gasteiger partial charge on any atom is -0.327 e. The zero-order chi connectivity index (χ0) is 12.3.